The molecule has 0 unspecified atom stereocenters. The van der Waals surface area contributed by atoms with Crippen molar-refractivity contribution in [2.75, 3.05) is 14.2 Å². The van der Waals surface area contributed by atoms with E-state index in [1.165, 1.54) is 20.3 Å². The van der Waals surface area contributed by atoms with Crippen molar-refractivity contribution in [3.05, 3.63) is 29.7 Å². The molecule has 0 aliphatic heterocycles. The van der Waals surface area contributed by atoms with E-state index >= 15 is 0 Å². The molecule has 2 rings (SSSR count). The van der Waals surface area contributed by atoms with Gasteiger partial charge in [-0.3, -0.25) is 4.79 Å². The summed E-state index contributed by atoms with van der Waals surface area (Å²) in [5.41, 5.74) is 7.16. The minimum atomic E-state index is -0.750. The topological polar surface area (TPSA) is 77.3 Å². The van der Waals surface area contributed by atoms with Crippen molar-refractivity contribution in [1.82, 2.24) is 4.98 Å². The Morgan fingerprint density at radius 2 is 2.21 bits per heavy atom. The number of esters is 1. The number of nitrogens with two attached hydrogens (primary N) is 1. The first-order valence-corrected chi connectivity index (χ1v) is 5.73. The summed E-state index contributed by atoms with van der Waals surface area (Å²) in [6.07, 6.45) is 2.01. The molecule has 0 fully saturated rings. The number of carbonyl (C=O) groups excluding carboxylic acids is 1. The average molecular weight is 266 g/mol. The normalized spacial score (nSPS) is 12.4. The highest BCUT2D eigenvalue weighted by Crippen LogP contribution is 2.27. The smallest absolute Gasteiger partial charge is 0.322 e. The lowest BCUT2D eigenvalue weighted by Crippen LogP contribution is -2.33. The predicted molar refractivity (Wildman–Crippen MR) is 68.5 cm³/mol. The van der Waals surface area contributed by atoms with E-state index in [1.54, 1.807) is 12.3 Å². The van der Waals surface area contributed by atoms with Crippen LogP contribution in [0.4, 0.5) is 4.39 Å². The molecule has 0 saturated carbocycles. The summed E-state index contributed by atoms with van der Waals surface area (Å²) in [4.78, 5) is 14.2. The number of fused-ring (bicyclic) bond motifs is 1. The van der Waals surface area contributed by atoms with Crippen LogP contribution in [0.2, 0.25) is 0 Å². The number of aromatic amines is 1. The van der Waals surface area contributed by atoms with E-state index in [-0.39, 0.29) is 5.75 Å². The maximum Gasteiger partial charge on any atom is 0.322 e. The van der Waals surface area contributed by atoms with Crippen LogP contribution < -0.4 is 10.5 Å². The van der Waals surface area contributed by atoms with Crippen LogP contribution in [0.5, 0.6) is 5.75 Å². The summed E-state index contributed by atoms with van der Waals surface area (Å²) >= 11 is 0. The SMILES string of the molecule is COC(=O)[C@@H](N)Cc1c[nH]c2cc(F)c(OC)cc12. The van der Waals surface area contributed by atoms with Crippen LogP contribution in [-0.4, -0.2) is 31.2 Å². The summed E-state index contributed by atoms with van der Waals surface area (Å²) in [7, 11) is 2.69. The Hall–Kier alpha value is -2.08. The molecule has 0 saturated heterocycles. The largest absolute Gasteiger partial charge is 0.494 e. The Bertz CT molecular complexity index is 609. The molecule has 6 heteroatoms. The maximum absolute atomic E-state index is 13.5. The van der Waals surface area contributed by atoms with Gasteiger partial charge in [0.1, 0.15) is 6.04 Å². The summed E-state index contributed by atoms with van der Waals surface area (Å²) in [6.45, 7) is 0. The molecule has 2 aromatic rings. The van der Waals surface area contributed by atoms with Gasteiger partial charge in [-0.15, -0.1) is 0 Å². The van der Waals surface area contributed by atoms with Crippen molar-refractivity contribution in [2.45, 2.75) is 12.5 Å². The van der Waals surface area contributed by atoms with E-state index in [0.29, 0.717) is 11.9 Å². The van der Waals surface area contributed by atoms with E-state index < -0.39 is 17.8 Å². The first-order valence-electron chi connectivity index (χ1n) is 5.73. The lowest BCUT2D eigenvalue weighted by Gasteiger charge is -2.08. The maximum atomic E-state index is 13.5. The molecular formula is C13H15FN2O3. The first kappa shape index (κ1) is 13.4. The fourth-order valence-corrected chi connectivity index (χ4v) is 1.98. The van der Waals surface area contributed by atoms with E-state index in [4.69, 9.17) is 10.5 Å². The van der Waals surface area contributed by atoms with Crippen molar-refractivity contribution in [1.29, 1.82) is 0 Å². The highest BCUT2D eigenvalue weighted by Gasteiger charge is 2.17. The minimum Gasteiger partial charge on any atom is -0.494 e. The number of H-pyrrole nitrogens is 1. The number of carbonyl (C=O) groups is 1. The fraction of sp³-hybridized carbons (Fsp3) is 0.308. The molecule has 0 aliphatic carbocycles. The monoisotopic (exact) mass is 266 g/mol. The van der Waals surface area contributed by atoms with E-state index in [0.717, 1.165) is 10.9 Å². The fourth-order valence-electron chi connectivity index (χ4n) is 1.98. The summed E-state index contributed by atoms with van der Waals surface area (Å²) in [6, 6.07) is 2.18. The number of hydrogen-bond acceptors (Lipinski definition) is 4. The lowest BCUT2D eigenvalue weighted by atomic mass is 10.1. The van der Waals surface area contributed by atoms with Gasteiger partial charge in [-0.1, -0.05) is 0 Å². The molecule has 0 spiro atoms. The number of nitrogens with one attached hydrogen (secondary N) is 1. The Morgan fingerprint density at radius 3 is 2.84 bits per heavy atom. The second-order valence-electron chi connectivity index (χ2n) is 4.18. The number of benzene rings is 1. The first-order chi connectivity index (χ1) is 9.06. The second kappa shape index (κ2) is 5.27. The molecule has 1 atom stereocenters. The van der Waals surface area contributed by atoms with Gasteiger partial charge in [-0.05, 0) is 11.6 Å². The van der Waals surface area contributed by atoms with Crippen molar-refractivity contribution < 1.29 is 18.7 Å². The minimum absolute atomic E-state index is 0.153. The molecule has 0 amide bonds. The Kier molecular flexibility index (Phi) is 3.71. The van der Waals surface area contributed by atoms with Gasteiger partial charge in [0.05, 0.1) is 14.2 Å². The third-order valence-electron chi connectivity index (χ3n) is 2.98. The van der Waals surface area contributed by atoms with Crippen molar-refractivity contribution in [2.24, 2.45) is 5.73 Å². The Morgan fingerprint density at radius 1 is 1.47 bits per heavy atom. The molecular weight excluding hydrogens is 251 g/mol. The van der Waals surface area contributed by atoms with Gasteiger partial charge < -0.3 is 20.2 Å². The van der Waals surface area contributed by atoms with Crippen molar-refractivity contribution in [3.63, 3.8) is 0 Å². The molecule has 102 valence electrons. The molecule has 19 heavy (non-hydrogen) atoms. The molecule has 1 aromatic heterocycles. The van der Waals surface area contributed by atoms with Crippen molar-refractivity contribution >= 4 is 16.9 Å². The van der Waals surface area contributed by atoms with Crippen LogP contribution >= 0.6 is 0 Å². The number of methoxy groups -OCH3 is 2. The number of hydrogen-bond donors (Lipinski definition) is 2. The van der Waals surface area contributed by atoms with Crippen LogP contribution in [0.3, 0.4) is 0 Å². The van der Waals surface area contributed by atoms with Crippen LogP contribution in [0.15, 0.2) is 18.3 Å². The molecule has 1 aromatic carbocycles. The molecule has 3 N–H and O–H groups in total. The van der Waals surface area contributed by atoms with Crippen LogP contribution in [-0.2, 0) is 16.0 Å². The zero-order valence-electron chi connectivity index (χ0n) is 10.7. The summed E-state index contributed by atoms with van der Waals surface area (Å²) < 4.78 is 23.0. The second-order valence-corrected chi connectivity index (χ2v) is 4.18. The molecule has 0 radical (unpaired) electrons. The molecule has 1 heterocycles. The van der Waals surface area contributed by atoms with Gasteiger partial charge in [0.15, 0.2) is 11.6 Å². The number of halogens is 1. The zero-order valence-corrected chi connectivity index (χ0v) is 10.7. The lowest BCUT2D eigenvalue weighted by molar-refractivity contribution is -0.142. The predicted octanol–water partition coefficient (Wildman–Crippen LogP) is 1.36. The van der Waals surface area contributed by atoms with Crippen molar-refractivity contribution in [3.8, 4) is 5.75 Å². The third-order valence-corrected chi connectivity index (χ3v) is 2.98. The van der Waals surface area contributed by atoms with Gasteiger partial charge in [0.25, 0.3) is 0 Å². The highest BCUT2D eigenvalue weighted by atomic mass is 19.1. The van der Waals surface area contributed by atoms with E-state index in [9.17, 15) is 9.18 Å². The molecule has 0 aliphatic rings. The zero-order chi connectivity index (χ0) is 14.0. The quantitative estimate of drug-likeness (QED) is 0.819. The summed E-state index contributed by atoms with van der Waals surface area (Å²) in [5.74, 6) is -0.774. The van der Waals surface area contributed by atoms with Gasteiger partial charge in [0, 0.05) is 29.6 Å². The average Bonchev–Trinajstić information content (AvgIpc) is 2.78. The van der Waals surface area contributed by atoms with Gasteiger partial charge >= 0.3 is 5.97 Å². The van der Waals surface area contributed by atoms with E-state index in [2.05, 4.69) is 9.72 Å². The van der Waals surface area contributed by atoms with Gasteiger partial charge in [-0.2, -0.15) is 0 Å². The number of ether oxygens (including phenoxy) is 2. The number of rotatable bonds is 4. The van der Waals surface area contributed by atoms with Crippen LogP contribution in [0.1, 0.15) is 5.56 Å². The Balaban J connectivity index is 2.36. The van der Waals surface area contributed by atoms with E-state index in [1.807, 2.05) is 0 Å². The third kappa shape index (κ3) is 2.53. The Labute approximate surface area is 109 Å². The standard InChI is InChI=1S/C13H15FN2O3/c1-18-12-4-8-7(3-10(15)13(17)19-2)6-16-11(8)5-9(12)14/h4-6,10,16H,3,15H2,1-2H3/t10-/m0/s1. The highest BCUT2D eigenvalue weighted by molar-refractivity contribution is 5.86. The van der Waals surface area contributed by atoms with Crippen LogP contribution in [0, 0.1) is 5.82 Å². The van der Waals surface area contributed by atoms with Crippen LogP contribution in [0.25, 0.3) is 10.9 Å². The number of aromatic nitrogens is 1. The molecule has 0 bridgehead atoms. The molecule has 5 nitrogen and oxygen atoms in total. The summed E-state index contributed by atoms with van der Waals surface area (Å²) in [5, 5.41) is 0.776. The van der Waals surface area contributed by atoms with Gasteiger partial charge in [0.2, 0.25) is 0 Å². The van der Waals surface area contributed by atoms with Gasteiger partial charge in [-0.25, -0.2) is 4.39 Å².